The zero-order chi connectivity index (χ0) is 13.4. The van der Waals surface area contributed by atoms with Crippen molar-refractivity contribution in [3.63, 3.8) is 0 Å². The minimum Gasteiger partial charge on any atom is -0.480 e. The number of aliphatic carboxylic acids is 1. The van der Waals surface area contributed by atoms with E-state index in [-0.39, 0.29) is 0 Å². The van der Waals surface area contributed by atoms with Crippen molar-refractivity contribution < 1.29 is 9.90 Å². The number of hydrogen-bond donors (Lipinski definition) is 2. The first-order valence-corrected chi connectivity index (χ1v) is 6.32. The lowest BCUT2D eigenvalue weighted by atomic mass is 10.1. The van der Waals surface area contributed by atoms with E-state index in [2.05, 4.69) is 0 Å². The zero-order valence-electron chi connectivity index (χ0n) is 10.9. The van der Waals surface area contributed by atoms with Gasteiger partial charge >= 0.3 is 5.97 Å². The maximum atomic E-state index is 11.3. The summed E-state index contributed by atoms with van der Waals surface area (Å²) in [7, 11) is 1.86. The van der Waals surface area contributed by atoms with Gasteiger partial charge in [-0.15, -0.1) is 0 Å². The van der Waals surface area contributed by atoms with Crippen LogP contribution in [-0.2, 0) is 11.3 Å². The second kappa shape index (κ2) is 7.84. The minimum atomic E-state index is -0.759. The average molecular weight is 250 g/mol. The lowest BCUT2D eigenvalue weighted by molar-refractivity contribution is -0.143. The smallest absolute Gasteiger partial charge is 0.320 e. The first-order chi connectivity index (χ1) is 8.65. The molecule has 0 aliphatic carbocycles. The van der Waals surface area contributed by atoms with Gasteiger partial charge in [-0.3, -0.25) is 9.69 Å². The SMILES string of the molecule is CN(Cc1ccccc1)C(CCCCN)C(=O)O. The standard InChI is InChI=1S/C14H22N2O2/c1-16(11-12-7-3-2-4-8-12)13(14(17)18)9-5-6-10-15/h2-4,7-8,13H,5-6,9-11,15H2,1H3,(H,17,18). The molecule has 0 fully saturated rings. The fourth-order valence-electron chi connectivity index (χ4n) is 2.00. The summed E-state index contributed by atoms with van der Waals surface area (Å²) in [6.45, 7) is 1.27. The van der Waals surface area contributed by atoms with Crippen LogP contribution in [-0.4, -0.2) is 35.6 Å². The number of unbranched alkanes of at least 4 members (excludes halogenated alkanes) is 1. The number of rotatable bonds is 8. The van der Waals surface area contributed by atoms with Crippen LogP contribution in [0.1, 0.15) is 24.8 Å². The monoisotopic (exact) mass is 250 g/mol. The molecule has 0 saturated carbocycles. The summed E-state index contributed by atoms with van der Waals surface area (Å²) in [5.41, 5.74) is 6.56. The molecule has 18 heavy (non-hydrogen) atoms. The summed E-state index contributed by atoms with van der Waals surface area (Å²) in [5.74, 6) is -0.759. The fourth-order valence-corrected chi connectivity index (χ4v) is 2.00. The van der Waals surface area contributed by atoms with E-state index in [0.29, 0.717) is 19.5 Å². The van der Waals surface area contributed by atoms with Crippen molar-refractivity contribution in [1.82, 2.24) is 4.90 Å². The number of carboxylic acid groups (broad SMARTS) is 1. The molecular formula is C14H22N2O2. The summed E-state index contributed by atoms with van der Waals surface area (Å²) in [6.07, 6.45) is 2.38. The highest BCUT2D eigenvalue weighted by atomic mass is 16.4. The maximum Gasteiger partial charge on any atom is 0.320 e. The molecule has 0 spiro atoms. The molecule has 1 unspecified atom stereocenters. The van der Waals surface area contributed by atoms with Gasteiger partial charge in [0.15, 0.2) is 0 Å². The van der Waals surface area contributed by atoms with Crippen LogP contribution in [0.4, 0.5) is 0 Å². The second-order valence-corrected chi connectivity index (χ2v) is 4.54. The molecule has 1 aromatic rings. The van der Waals surface area contributed by atoms with Crippen LogP contribution < -0.4 is 5.73 Å². The number of carbonyl (C=O) groups is 1. The van der Waals surface area contributed by atoms with E-state index in [4.69, 9.17) is 5.73 Å². The van der Waals surface area contributed by atoms with Gasteiger partial charge in [0, 0.05) is 6.54 Å². The van der Waals surface area contributed by atoms with Gasteiger partial charge in [-0.2, -0.15) is 0 Å². The Morgan fingerprint density at radius 3 is 2.56 bits per heavy atom. The van der Waals surface area contributed by atoms with E-state index in [1.165, 1.54) is 0 Å². The van der Waals surface area contributed by atoms with Crippen LogP contribution in [0, 0.1) is 0 Å². The van der Waals surface area contributed by atoms with Gasteiger partial charge in [0.25, 0.3) is 0 Å². The van der Waals surface area contributed by atoms with E-state index in [1.54, 1.807) is 0 Å². The first kappa shape index (κ1) is 14.7. The molecule has 4 nitrogen and oxygen atoms in total. The Morgan fingerprint density at radius 1 is 1.33 bits per heavy atom. The third-order valence-electron chi connectivity index (χ3n) is 3.02. The van der Waals surface area contributed by atoms with Crippen LogP contribution in [0.5, 0.6) is 0 Å². The van der Waals surface area contributed by atoms with Crippen molar-refractivity contribution in [2.75, 3.05) is 13.6 Å². The summed E-state index contributed by atoms with van der Waals surface area (Å²) >= 11 is 0. The molecule has 100 valence electrons. The number of likely N-dealkylation sites (N-methyl/N-ethyl adjacent to an activating group) is 1. The minimum absolute atomic E-state index is 0.434. The van der Waals surface area contributed by atoms with E-state index in [9.17, 15) is 9.90 Å². The normalized spacial score (nSPS) is 12.6. The van der Waals surface area contributed by atoms with E-state index >= 15 is 0 Å². The lowest BCUT2D eigenvalue weighted by Crippen LogP contribution is -2.38. The molecule has 0 saturated heterocycles. The van der Waals surface area contributed by atoms with Gasteiger partial charge in [-0.1, -0.05) is 36.8 Å². The van der Waals surface area contributed by atoms with Crippen LogP contribution in [0.3, 0.4) is 0 Å². The van der Waals surface area contributed by atoms with E-state index in [1.807, 2.05) is 42.3 Å². The van der Waals surface area contributed by atoms with Crippen molar-refractivity contribution in [2.24, 2.45) is 5.73 Å². The molecule has 3 N–H and O–H groups in total. The van der Waals surface area contributed by atoms with Crippen molar-refractivity contribution in [1.29, 1.82) is 0 Å². The topological polar surface area (TPSA) is 66.6 Å². The molecule has 4 heteroatoms. The number of nitrogens with two attached hydrogens (primary N) is 1. The number of carboxylic acids is 1. The van der Waals surface area contributed by atoms with E-state index < -0.39 is 12.0 Å². The quantitative estimate of drug-likeness (QED) is 0.689. The van der Waals surface area contributed by atoms with Gasteiger partial charge in [0.05, 0.1) is 0 Å². The third-order valence-corrected chi connectivity index (χ3v) is 3.02. The average Bonchev–Trinajstić information content (AvgIpc) is 2.35. The van der Waals surface area contributed by atoms with Gasteiger partial charge in [-0.25, -0.2) is 0 Å². The summed E-state index contributed by atoms with van der Waals surface area (Å²) < 4.78 is 0. The fraction of sp³-hybridized carbons (Fsp3) is 0.500. The predicted octanol–water partition coefficient (Wildman–Crippen LogP) is 1.70. The van der Waals surface area contributed by atoms with Crippen LogP contribution in [0.25, 0.3) is 0 Å². The molecule has 1 atom stereocenters. The van der Waals surface area contributed by atoms with Gasteiger partial charge in [-0.05, 0) is 32.0 Å². The molecule has 0 aliphatic rings. The predicted molar refractivity (Wildman–Crippen MR) is 72.2 cm³/mol. The number of benzene rings is 1. The first-order valence-electron chi connectivity index (χ1n) is 6.32. The number of nitrogens with zero attached hydrogens (tertiary/aromatic N) is 1. The summed E-state index contributed by atoms with van der Waals surface area (Å²) in [5, 5.41) is 9.25. The molecular weight excluding hydrogens is 228 g/mol. The molecule has 0 aromatic heterocycles. The third kappa shape index (κ3) is 4.85. The van der Waals surface area contributed by atoms with Crippen LogP contribution in [0.15, 0.2) is 30.3 Å². The molecule has 1 rings (SSSR count). The van der Waals surface area contributed by atoms with Gasteiger partial charge in [0.2, 0.25) is 0 Å². The molecule has 1 aromatic carbocycles. The Balaban J connectivity index is 2.54. The highest BCUT2D eigenvalue weighted by molar-refractivity contribution is 5.73. The molecule has 0 amide bonds. The number of hydrogen-bond acceptors (Lipinski definition) is 3. The Labute approximate surface area is 108 Å². The Hall–Kier alpha value is -1.39. The highest BCUT2D eigenvalue weighted by Crippen LogP contribution is 2.11. The zero-order valence-corrected chi connectivity index (χ0v) is 10.9. The maximum absolute atomic E-state index is 11.3. The van der Waals surface area contributed by atoms with Crippen molar-refractivity contribution in [3.8, 4) is 0 Å². The highest BCUT2D eigenvalue weighted by Gasteiger charge is 2.21. The molecule has 0 radical (unpaired) electrons. The second-order valence-electron chi connectivity index (χ2n) is 4.54. The summed E-state index contributed by atoms with van der Waals surface area (Å²) in [4.78, 5) is 13.1. The largest absolute Gasteiger partial charge is 0.480 e. The molecule has 0 heterocycles. The van der Waals surface area contributed by atoms with Gasteiger partial charge < -0.3 is 10.8 Å². The Bertz CT molecular complexity index is 354. The van der Waals surface area contributed by atoms with Crippen LogP contribution >= 0.6 is 0 Å². The van der Waals surface area contributed by atoms with Crippen molar-refractivity contribution in [3.05, 3.63) is 35.9 Å². The lowest BCUT2D eigenvalue weighted by Gasteiger charge is -2.24. The molecule has 0 aliphatic heterocycles. The van der Waals surface area contributed by atoms with Gasteiger partial charge in [0.1, 0.15) is 6.04 Å². The summed E-state index contributed by atoms with van der Waals surface area (Å²) in [6, 6.07) is 9.47. The Morgan fingerprint density at radius 2 is 2.00 bits per heavy atom. The Kier molecular flexibility index (Phi) is 6.39. The van der Waals surface area contributed by atoms with Crippen molar-refractivity contribution in [2.45, 2.75) is 31.8 Å². The van der Waals surface area contributed by atoms with E-state index in [0.717, 1.165) is 18.4 Å². The van der Waals surface area contributed by atoms with Crippen molar-refractivity contribution >= 4 is 5.97 Å². The molecule has 0 bridgehead atoms. The van der Waals surface area contributed by atoms with Crippen LogP contribution in [0.2, 0.25) is 0 Å².